The maximum atomic E-state index is 12.6. The van der Waals surface area contributed by atoms with Crippen molar-refractivity contribution in [2.45, 2.75) is 32.1 Å². The molecule has 2 fully saturated rings. The number of nitrogens with zero attached hydrogens (tertiary/aromatic N) is 3. The molecular formula is C17H22ClN3O3. The van der Waals surface area contributed by atoms with Crippen LogP contribution in [0.25, 0.3) is 0 Å². The highest BCUT2D eigenvalue weighted by molar-refractivity contribution is 6.30. The molecule has 130 valence electrons. The third-order valence-electron chi connectivity index (χ3n) is 5.02. The number of nitro groups is 1. The van der Waals surface area contributed by atoms with Gasteiger partial charge in [-0.2, -0.15) is 0 Å². The van der Waals surface area contributed by atoms with Gasteiger partial charge in [0.1, 0.15) is 5.69 Å². The van der Waals surface area contributed by atoms with Crippen LogP contribution in [-0.2, 0) is 4.79 Å². The molecule has 1 amide bonds. The summed E-state index contributed by atoms with van der Waals surface area (Å²) in [6.45, 7) is 2.46. The van der Waals surface area contributed by atoms with Crippen LogP contribution >= 0.6 is 11.6 Å². The fourth-order valence-corrected chi connectivity index (χ4v) is 3.85. The molecule has 24 heavy (non-hydrogen) atoms. The lowest BCUT2D eigenvalue weighted by atomic mass is 9.88. The monoisotopic (exact) mass is 351 g/mol. The van der Waals surface area contributed by atoms with Gasteiger partial charge in [-0.05, 0) is 25.0 Å². The first-order chi connectivity index (χ1) is 11.6. The van der Waals surface area contributed by atoms with Crippen LogP contribution in [-0.4, -0.2) is 41.9 Å². The molecule has 7 heteroatoms. The van der Waals surface area contributed by atoms with E-state index in [0.717, 1.165) is 25.7 Å². The normalized spacial score (nSPS) is 19.4. The van der Waals surface area contributed by atoms with Gasteiger partial charge in [0.25, 0.3) is 5.69 Å². The van der Waals surface area contributed by atoms with Crippen LogP contribution in [0.1, 0.15) is 32.1 Å². The second kappa shape index (κ2) is 7.38. The van der Waals surface area contributed by atoms with E-state index in [0.29, 0.717) is 36.9 Å². The molecular weight excluding hydrogens is 330 g/mol. The Labute approximate surface area is 146 Å². The second-order valence-electron chi connectivity index (χ2n) is 6.54. The minimum Gasteiger partial charge on any atom is -0.362 e. The summed E-state index contributed by atoms with van der Waals surface area (Å²) in [7, 11) is 0. The quantitative estimate of drug-likeness (QED) is 0.617. The number of halogens is 1. The molecule has 1 aliphatic carbocycles. The predicted octanol–water partition coefficient (Wildman–Crippen LogP) is 3.48. The number of anilines is 1. The highest BCUT2D eigenvalue weighted by Crippen LogP contribution is 2.32. The first-order valence-electron chi connectivity index (χ1n) is 8.54. The van der Waals surface area contributed by atoms with E-state index in [-0.39, 0.29) is 17.5 Å². The Balaban J connectivity index is 1.65. The molecule has 0 aromatic heterocycles. The molecule has 0 N–H and O–H groups in total. The van der Waals surface area contributed by atoms with Crippen LogP contribution in [0.2, 0.25) is 5.02 Å². The minimum absolute atomic E-state index is 0.0227. The van der Waals surface area contributed by atoms with E-state index in [1.165, 1.54) is 12.5 Å². The number of carbonyl (C=O) groups is 1. The minimum atomic E-state index is -0.402. The van der Waals surface area contributed by atoms with E-state index in [1.54, 1.807) is 12.1 Å². The Morgan fingerprint density at radius 2 is 1.79 bits per heavy atom. The van der Waals surface area contributed by atoms with Crippen LogP contribution in [0.4, 0.5) is 11.4 Å². The van der Waals surface area contributed by atoms with Crippen molar-refractivity contribution in [3.63, 3.8) is 0 Å². The highest BCUT2D eigenvalue weighted by atomic mass is 35.5. The van der Waals surface area contributed by atoms with Crippen molar-refractivity contribution in [1.29, 1.82) is 0 Å². The molecule has 1 aliphatic heterocycles. The van der Waals surface area contributed by atoms with Crippen LogP contribution in [0.5, 0.6) is 0 Å². The molecule has 0 atom stereocenters. The van der Waals surface area contributed by atoms with Gasteiger partial charge in [0, 0.05) is 43.2 Å². The van der Waals surface area contributed by atoms with Crippen molar-refractivity contribution >= 4 is 28.9 Å². The summed E-state index contributed by atoms with van der Waals surface area (Å²) in [5.41, 5.74) is 0.601. The summed E-state index contributed by atoms with van der Waals surface area (Å²) in [6, 6.07) is 4.75. The smallest absolute Gasteiger partial charge is 0.294 e. The van der Waals surface area contributed by atoms with Gasteiger partial charge >= 0.3 is 0 Å². The lowest BCUT2D eigenvalue weighted by molar-refractivity contribution is -0.384. The van der Waals surface area contributed by atoms with Crippen molar-refractivity contribution in [3.05, 3.63) is 33.3 Å². The van der Waals surface area contributed by atoms with E-state index >= 15 is 0 Å². The van der Waals surface area contributed by atoms with E-state index in [2.05, 4.69) is 0 Å². The fraction of sp³-hybridized carbons (Fsp3) is 0.588. The number of benzene rings is 1. The van der Waals surface area contributed by atoms with Crippen LogP contribution in [0, 0.1) is 16.0 Å². The van der Waals surface area contributed by atoms with E-state index in [9.17, 15) is 14.9 Å². The number of amides is 1. The number of piperazine rings is 1. The number of hydrogen-bond donors (Lipinski definition) is 0. The SMILES string of the molecule is O=C(C1CCCCC1)N1CCN(c2ccc(Cl)cc2[N+](=O)[O-])CC1. The highest BCUT2D eigenvalue weighted by Gasteiger charge is 2.30. The largest absolute Gasteiger partial charge is 0.362 e. The standard InChI is InChI=1S/C17H22ClN3O3/c18-14-6-7-15(16(12-14)21(23)24)19-8-10-20(11-9-19)17(22)13-4-2-1-3-5-13/h6-7,12-13H,1-5,8-11H2. The van der Waals surface area contributed by atoms with Crippen LogP contribution in [0.3, 0.4) is 0 Å². The number of rotatable bonds is 3. The average Bonchev–Trinajstić information content (AvgIpc) is 2.62. The van der Waals surface area contributed by atoms with Gasteiger partial charge in [0.15, 0.2) is 0 Å². The molecule has 1 aromatic carbocycles. The molecule has 1 heterocycles. The van der Waals surface area contributed by atoms with Gasteiger partial charge in [0.2, 0.25) is 5.91 Å². The molecule has 1 aromatic rings. The van der Waals surface area contributed by atoms with Gasteiger partial charge in [-0.3, -0.25) is 14.9 Å². The van der Waals surface area contributed by atoms with E-state index < -0.39 is 4.92 Å². The number of hydrogen-bond acceptors (Lipinski definition) is 4. The Morgan fingerprint density at radius 3 is 2.42 bits per heavy atom. The van der Waals surface area contributed by atoms with Gasteiger partial charge in [-0.1, -0.05) is 30.9 Å². The number of nitro benzene ring substituents is 1. The molecule has 0 radical (unpaired) electrons. The Kier molecular flexibility index (Phi) is 5.23. The summed E-state index contributed by atoms with van der Waals surface area (Å²) in [4.78, 5) is 27.3. The summed E-state index contributed by atoms with van der Waals surface area (Å²) in [5, 5.41) is 11.6. The van der Waals surface area contributed by atoms with Gasteiger partial charge in [0.05, 0.1) is 4.92 Å². The van der Waals surface area contributed by atoms with E-state index in [1.807, 2.05) is 9.80 Å². The Hall–Kier alpha value is -1.82. The lowest BCUT2D eigenvalue weighted by Gasteiger charge is -2.38. The molecule has 0 unspecified atom stereocenters. The second-order valence-corrected chi connectivity index (χ2v) is 6.97. The molecule has 1 saturated carbocycles. The van der Waals surface area contributed by atoms with E-state index in [4.69, 9.17) is 11.6 Å². The van der Waals surface area contributed by atoms with Gasteiger partial charge in [-0.25, -0.2) is 0 Å². The van der Waals surface area contributed by atoms with Gasteiger partial charge in [-0.15, -0.1) is 0 Å². The summed E-state index contributed by atoms with van der Waals surface area (Å²) in [6.07, 6.45) is 5.53. The first kappa shape index (κ1) is 17.0. The van der Waals surface area contributed by atoms with Crippen molar-refractivity contribution < 1.29 is 9.72 Å². The van der Waals surface area contributed by atoms with Crippen molar-refractivity contribution in [1.82, 2.24) is 4.90 Å². The third-order valence-corrected chi connectivity index (χ3v) is 5.26. The Bertz CT molecular complexity index is 624. The van der Waals surface area contributed by atoms with Gasteiger partial charge < -0.3 is 9.80 Å². The molecule has 1 saturated heterocycles. The Morgan fingerprint density at radius 1 is 1.12 bits per heavy atom. The zero-order valence-corrected chi connectivity index (χ0v) is 14.4. The first-order valence-corrected chi connectivity index (χ1v) is 8.92. The fourth-order valence-electron chi connectivity index (χ4n) is 3.69. The molecule has 0 spiro atoms. The van der Waals surface area contributed by atoms with Crippen molar-refractivity contribution in [2.24, 2.45) is 5.92 Å². The van der Waals surface area contributed by atoms with Crippen molar-refractivity contribution in [3.8, 4) is 0 Å². The molecule has 0 bridgehead atoms. The third kappa shape index (κ3) is 3.64. The zero-order valence-electron chi connectivity index (χ0n) is 13.6. The van der Waals surface area contributed by atoms with Crippen LogP contribution in [0.15, 0.2) is 18.2 Å². The molecule has 3 rings (SSSR count). The predicted molar refractivity (Wildman–Crippen MR) is 93.5 cm³/mol. The summed E-state index contributed by atoms with van der Waals surface area (Å²) in [5.74, 6) is 0.440. The molecule has 2 aliphatic rings. The maximum absolute atomic E-state index is 12.6. The topological polar surface area (TPSA) is 66.7 Å². The number of carbonyl (C=O) groups excluding carboxylic acids is 1. The zero-order chi connectivity index (χ0) is 17.1. The van der Waals surface area contributed by atoms with Crippen molar-refractivity contribution in [2.75, 3.05) is 31.1 Å². The average molecular weight is 352 g/mol. The molecule has 6 nitrogen and oxygen atoms in total. The lowest BCUT2D eigenvalue weighted by Crippen LogP contribution is -2.50. The summed E-state index contributed by atoms with van der Waals surface area (Å²) < 4.78 is 0. The summed E-state index contributed by atoms with van der Waals surface area (Å²) >= 11 is 5.87. The maximum Gasteiger partial charge on any atom is 0.294 e. The van der Waals surface area contributed by atoms with Crippen LogP contribution < -0.4 is 4.90 Å².